The van der Waals surface area contributed by atoms with Crippen molar-refractivity contribution in [2.24, 2.45) is 0 Å². The number of fused-ring (bicyclic) bond motifs is 2. The summed E-state index contributed by atoms with van der Waals surface area (Å²) in [5.74, 6) is -1.31. The Balaban J connectivity index is 1.73. The minimum Gasteiger partial charge on any atom is -0.363 e. The number of halogens is 2. The Kier molecular flexibility index (Phi) is 3.67. The highest BCUT2D eigenvalue weighted by Gasteiger charge is 2.40. The third-order valence-corrected chi connectivity index (χ3v) is 4.83. The number of alkyl halides is 2. The van der Waals surface area contributed by atoms with E-state index in [0.717, 1.165) is 27.8 Å². The van der Waals surface area contributed by atoms with Gasteiger partial charge in [0, 0.05) is 17.4 Å². The molecule has 0 radical (unpaired) electrons. The average molecular weight is 339 g/mol. The van der Waals surface area contributed by atoms with Gasteiger partial charge in [0.05, 0.1) is 11.6 Å². The van der Waals surface area contributed by atoms with E-state index in [-0.39, 0.29) is 18.0 Å². The van der Waals surface area contributed by atoms with Crippen LogP contribution in [0.2, 0.25) is 0 Å². The number of aryl methyl sites for hydroxylation is 1. The summed E-state index contributed by atoms with van der Waals surface area (Å²) in [6, 6.07) is 12.9. The van der Waals surface area contributed by atoms with Crippen molar-refractivity contribution in [1.29, 1.82) is 0 Å². The van der Waals surface area contributed by atoms with Crippen LogP contribution in [-0.2, 0) is 12.3 Å². The molecule has 2 aromatic carbocycles. The van der Waals surface area contributed by atoms with Gasteiger partial charge in [-0.25, -0.2) is 18.7 Å². The van der Waals surface area contributed by atoms with E-state index >= 15 is 0 Å². The minimum atomic E-state index is -2.72. The van der Waals surface area contributed by atoms with Crippen molar-refractivity contribution in [1.82, 2.24) is 9.97 Å². The van der Waals surface area contributed by atoms with Crippen LogP contribution < -0.4 is 5.32 Å². The number of nitrogens with zero attached hydrogens (tertiary/aromatic N) is 2. The van der Waals surface area contributed by atoms with Crippen LogP contribution in [0.25, 0.3) is 10.9 Å². The smallest absolute Gasteiger partial charge is 0.273 e. The Morgan fingerprint density at radius 1 is 1.08 bits per heavy atom. The van der Waals surface area contributed by atoms with E-state index in [9.17, 15) is 8.78 Å². The van der Waals surface area contributed by atoms with Crippen molar-refractivity contribution in [2.75, 3.05) is 5.32 Å². The molecule has 1 aromatic heterocycles. The highest BCUT2D eigenvalue weighted by atomic mass is 19.3. The molecule has 1 aliphatic rings. The molecular weight excluding hydrogens is 320 g/mol. The summed E-state index contributed by atoms with van der Waals surface area (Å²) in [6.45, 7) is 3.83. The zero-order chi connectivity index (χ0) is 17.6. The van der Waals surface area contributed by atoms with Gasteiger partial charge in [0.25, 0.3) is 5.92 Å². The van der Waals surface area contributed by atoms with Gasteiger partial charge in [-0.2, -0.15) is 0 Å². The number of nitrogens with one attached hydrogen (secondary N) is 1. The fourth-order valence-electron chi connectivity index (χ4n) is 3.63. The van der Waals surface area contributed by atoms with Gasteiger partial charge in [-0.05, 0) is 43.5 Å². The number of hydrogen-bond donors (Lipinski definition) is 1. The molecule has 1 heterocycles. The normalized spacial score (nSPS) is 16.6. The summed E-state index contributed by atoms with van der Waals surface area (Å²) in [7, 11) is 0. The summed E-state index contributed by atoms with van der Waals surface area (Å²) in [5.41, 5.74) is 2.72. The van der Waals surface area contributed by atoms with Crippen molar-refractivity contribution in [2.45, 2.75) is 38.7 Å². The molecule has 0 fully saturated rings. The van der Waals surface area contributed by atoms with Gasteiger partial charge in [0.1, 0.15) is 11.6 Å². The van der Waals surface area contributed by atoms with Crippen molar-refractivity contribution in [3.63, 3.8) is 0 Å². The summed E-state index contributed by atoms with van der Waals surface area (Å²) in [5, 5.41) is 4.33. The van der Waals surface area contributed by atoms with Crippen LogP contribution in [0.4, 0.5) is 14.6 Å². The topological polar surface area (TPSA) is 37.8 Å². The van der Waals surface area contributed by atoms with Gasteiger partial charge in [-0.15, -0.1) is 0 Å². The van der Waals surface area contributed by atoms with E-state index in [0.29, 0.717) is 12.2 Å². The van der Waals surface area contributed by atoms with Crippen LogP contribution >= 0.6 is 0 Å². The number of para-hydroxylation sites is 1. The lowest BCUT2D eigenvalue weighted by molar-refractivity contribution is -0.00184. The van der Waals surface area contributed by atoms with Crippen LogP contribution in [0.3, 0.4) is 0 Å². The van der Waals surface area contributed by atoms with Crippen molar-refractivity contribution in [3.8, 4) is 0 Å². The molecule has 5 heteroatoms. The molecule has 25 heavy (non-hydrogen) atoms. The predicted molar refractivity (Wildman–Crippen MR) is 95.0 cm³/mol. The Morgan fingerprint density at radius 3 is 2.72 bits per heavy atom. The van der Waals surface area contributed by atoms with E-state index in [1.165, 1.54) is 0 Å². The van der Waals surface area contributed by atoms with E-state index in [2.05, 4.69) is 15.3 Å². The first-order chi connectivity index (χ1) is 12.0. The Labute approximate surface area is 145 Å². The summed E-state index contributed by atoms with van der Waals surface area (Å²) in [4.78, 5) is 8.96. The minimum absolute atomic E-state index is 0.110. The van der Waals surface area contributed by atoms with Crippen LogP contribution in [0, 0.1) is 6.92 Å². The van der Waals surface area contributed by atoms with Gasteiger partial charge in [0.2, 0.25) is 0 Å². The van der Waals surface area contributed by atoms with Gasteiger partial charge < -0.3 is 5.32 Å². The first-order valence-electron chi connectivity index (χ1n) is 8.46. The molecule has 128 valence electrons. The van der Waals surface area contributed by atoms with Crippen molar-refractivity contribution >= 4 is 16.7 Å². The maximum Gasteiger partial charge on any atom is 0.273 e. The average Bonchev–Trinajstić information content (AvgIpc) is 2.90. The molecule has 3 nitrogen and oxygen atoms in total. The zero-order valence-corrected chi connectivity index (χ0v) is 14.2. The van der Waals surface area contributed by atoms with Crippen LogP contribution in [-0.4, -0.2) is 9.97 Å². The van der Waals surface area contributed by atoms with Gasteiger partial charge in [-0.3, -0.25) is 0 Å². The summed E-state index contributed by atoms with van der Waals surface area (Å²) in [6.07, 6.45) is 0.301. The number of hydrogen-bond acceptors (Lipinski definition) is 3. The SMILES string of the molecule is Cc1nc(NC(C)c2cccc3c2CCC3(F)F)c2ccccc2n1. The van der Waals surface area contributed by atoms with Gasteiger partial charge in [-0.1, -0.05) is 30.3 Å². The van der Waals surface area contributed by atoms with Crippen molar-refractivity contribution in [3.05, 3.63) is 65.0 Å². The Hall–Kier alpha value is -2.56. The number of rotatable bonds is 3. The fraction of sp³-hybridized carbons (Fsp3) is 0.300. The van der Waals surface area contributed by atoms with E-state index < -0.39 is 5.92 Å². The highest BCUT2D eigenvalue weighted by Crippen LogP contribution is 2.44. The molecule has 0 aliphatic heterocycles. The molecule has 0 saturated heterocycles. The molecule has 1 aliphatic carbocycles. The molecule has 0 amide bonds. The second-order valence-electron chi connectivity index (χ2n) is 6.58. The largest absolute Gasteiger partial charge is 0.363 e. The molecule has 0 bridgehead atoms. The number of benzene rings is 2. The first-order valence-corrected chi connectivity index (χ1v) is 8.46. The molecule has 0 spiro atoms. The molecule has 0 saturated carbocycles. The lowest BCUT2D eigenvalue weighted by Gasteiger charge is -2.20. The predicted octanol–water partition coefficient (Wildman–Crippen LogP) is 5.15. The Bertz CT molecular complexity index is 953. The van der Waals surface area contributed by atoms with E-state index in [4.69, 9.17) is 0 Å². The van der Waals surface area contributed by atoms with E-state index in [1.54, 1.807) is 12.1 Å². The van der Waals surface area contributed by atoms with E-state index in [1.807, 2.05) is 44.2 Å². The molecular formula is C20H19F2N3. The maximum atomic E-state index is 14.0. The van der Waals surface area contributed by atoms with Crippen LogP contribution in [0.15, 0.2) is 42.5 Å². The molecule has 4 rings (SSSR count). The number of aromatic nitrogens is 2. The molecule has 1 atom stereocenters. The van der Waals surface area contributed by atoms with Crippen LogP contribution in [0.5, 0.6) is 0 Å². The fourth-order valence-corrected chi connectivity index (χ4v) is 3.63. The highest BCUT2D eigenvalue weighted by molar-refractivity contribution is 5.89. The second-order valence-corrected chi connectivity index (χ2v) is 6.58. The monoisotopic (exact) mass is 339 g/mol. The zero-order valence-electron chi connectivity index (χ0n) is 14.2. The van der Waals surface area contributed by atoms with Crippen LogP contribution in [0.1, 0.15) is 41.9 Å². The third kappa shape index (κ3) is 2.73. The van der Waals surface area contributed by atoms with Gasteiger partial charge >= 0.3 is 0 Å². The lowest BCUT2D eigenvalue weighted by atomic mass is 9.97. The maximum absolute atomic E-state index is 14.0. The third-order valence-electron chi connectivity index (χ3n) is 4.83. The second kappa shape index (κ2) is 5.76. The quantitative estimate of drug-likeness (QED) is 0.717. The molecule has 1 N–H and O–H groups in total. The number of anilines is 1. The van der Waals surface area contributed by atoms with Gasteiger partial charge in [0.15, 0.2) is 0 Å². The molecule has 1 unspecified atom stereocenters. The molecule has 3 aromatic rings. The van der Waals surface area contributed by atoms with Crippen molar-refractivity contribution < 1.29 is 8.78 Å². The standard InChI is InChI=1S/C20H19F2N3/c1-12(14-7-5-8-17-15(14)10-11-20(17,21)22)23-19-16-6-3-4-9-18(16)24-13(2)25-19/h3-9,12H,10-11H2,1-2H3,(H,23,24,25). The summed E-state index contributed by atoms with van der Waals surface area (Å²) >= 11 is 0. The summed E-state index contributed by atoms with van der Waals surface area (Å²) < 4.78 is 28.1. The Morgan fingerprint density at radius 2 is 1.88 bits per heavy atom. The lowest BCUT2D eigenvalue weighted by Crippen LogP contribution is -2.12. The first kappa shape index (κ1) is 15.9.